The Kier molecular flexibility index (Phi) is 2.78. The zero-order chi connectivity index (χ0) is 13.4. The third kappa shape index (κ3) is 2.10. The van der Waals surface area contributed by atoms with E-state index in [0.717, 1.165) is 35.1 Å². The molecule has 0 aliphatic carbocycles. The van der Waals surface area contributed by atoms with E-state index in [-0.39, 0.29) is 12.4 Å². The van der Waals surface area contributed by atoms with Gasteiger partial charge in [-0.2, -0.15) is 8.97 Å². The first-order valence-corrected chi connectivity index (χ1v) is 5.94. The van der Waals surface area contributed by atoms with E-state index in [9.17, 15) is 8.78 Å². The number of para-hydroxylation sites is 1. The van der Waals surface area contributed by atoms with Crippen LogP contribution in [0.3, 0.4) is 0 Å². The number of hydrogen-bond acceptors (Lipinski definition) is 1. The van der Waals surface area contributed by atoms with E-state index in [4.69, 9.17) is 4.74 Å². The molecule has 2 aromatic carbocycles. The largest absolute Gasteiger partial charge is 0.435 e. The van der Waals surface area contributed by atoms with Gasteiger partial charge in [-0.25, -0.2) is 4.39 Å². The molecule has 0 saturated carbocycles. The van der Waals surface area contributed by atoms with E-state index in [0.29, 0.717) is 0 Å². The van der Waals surface area contributed by atoms with Gasteiger partial charge in [0.25, 0.3) is 6.73 Å². The van der Waals surface area contributed by atoms with Crippen molar-refractivity contribution in [1.29, 1.82) is 0 Å². The molecule has 1 heterocycles. The second kappa shape index (κ2) is 4.46. The molecule has 0 amide bonds. The predicted octanol–water partition coefficient (Wildman–Crippen LogP) is 3.39. The number of nitrogens with zero attached hydrogens (tertiary/aromatic N) is 1. The predicted molar refractivity (Wildman–Crippen MR) is 68.1 cm³/mol. The van der Waals surface area contributed by atoms with Crippen molar-refractivity contribution in [2.45, 2.75) is 6.92 Å². The zero-order valence-corrected chi connectivity index (χ0v) is 10.4. The summed E-state index contributed by atoms with van der Waals surface area (Å²) in [7, 11) is 0. The van der Waals surface area contributed by atoms with Gasteiger partial charge in [-0.1, -0.05) is 12.1 Å². The number of halogens is 2. The summed E-state index contributed by atoms with van der Waals surface area (Å²) in [5.41, 5.74) is 2.05. The van der Waals surface area contributed by atoms with Crippen molar-refractivity contribution in [3.8, 4) is 5.75 Å². The lowest BCUT2D eigenvalue weighted by Gasteiger charge is -2.15. The lowest BCUT2D eigenvalue weighted by atomic mass is 10.1. The average Bonchev–Trinajstić information content (AvgIpc) is 2.41. The fourth-order valence-corrected chi connectivity index (χ4v) is 2.16. The van der Waals surface area contributed by atoms with E-state index >= 15 is 0 Å². The number of fused-ring (bicyclic) bond motifs is 1. The minimum Gasteiger partial charge on any atom is -0.435 e. The molecule has 0 atom stereocenters. The highest BCUT2D eigenvalue weighted by Gasteiger charge is 2.23. The Morgan fingerprint density at radius 3 is 2.84 bits per heavy atom. The van der Waals surface area contributed by atoms with Gasteiger partial charge in [0.05, 0.1) is 5.56 Å². The first-order chi connectivity index (χ1) is 9.15. The molecule has 2 nitrogen and oxygen atoms in total. The summed E-state index contributed by atoms with van der Waals surface area (Å²) in [5, 5.41) is 0. The van der Waals surface area contributed by atoms with Crippen molar-refractivity contribution in [2.75, 3.05) is 6.73 Å². The van der Waals surface area contributed by atoms with Gasteiger partial charge in [0.2, 0.25) is 5.69 Å². The van der Waals surface area contributed by atoms with E-state index in [2.05, 4.69) is 0 Å². The molecule has 0 radical (unpaired) electrons. The van der Waals surface area contributed by atoms with Crippen LogP contribution in [0.5, 0.6) is 5.75 Å². The van der Waals surface area contributed by atoms with Gasteiger partial charge in [-0.3, -0.25) is 0 Å². The molecule has 0 fully saturated rings. The second-order valence-corrected chi connectivity index (χ2v) is 4.46. The monoisotopic (exact) mass is 260 g/mol. The highest BCUT2D eigenvalue weighted by molar-refractivity contribution is 5.82. The highest BCUT2D eigenvalue weighted by Crippen LogP contribution is 2.27. The number of aryl methyl sites for hydroxylation is 1. The van der Waals surface area contributed by atoms with Gasteiger partial charge in [0.1, 0.15) is 11.6 Å². The molecule has 0 N–H and O–H groups in total. The second-order valence-electron chi connectivity index (χ2n) is 4.46. The van der Waals surface area contributed by atoms with Crippen molar-refractivity contribution < 1.29 is 18.1 Å². The third-order valence-electron chi connectivity index (χ3n) is 3.10. The van der Waals surface area contributed by atoms with Gasteiger partial charge < -0.3 is 4.74 Å². The minimum atomic E-state index is -0.475. The Balaban J connectivity index is 2.11. The standard InChI is InChI=1S/C15H12F2NO/c1-10-3-2-4-11-8-18(9-19-15(10)11)14-7-12(16)5-6-13(14)17/h2-8H,9H2,1H3/q+1. The Morgan fingerprint density at radius 1 is 1.16 bits per heavy atom. The topological polar surface area (TPSA) is 12.2 Å². The zero-order valence-electron chi connectivity index (χ0n) is 10.4. The van der Waals surface area contributed by atoms with Crippen LogP contribution in [0.4, 0.5) is 14.5 Å². The Bertz CT molecular complexity index is 680. The summed E-state index contributed by atoms with van der Waals surface area (Å²) < 4.78 is 34.1. The smallest absolute Gasteiger partial charge is 0.292 e. The molecule has 3 rings (SSSR count). The Labute approximate surface area is 109 Å². The van der Waals surface area contributed by atoms with Crippen LogP contribution in [0.15, 0.2) is 36.4 Å². The van der Waals surface area contributed by atoms with Crippen molar-refractivity contribution >= 4 is 11.9 Å². The van der Waals surface area contributed by atoms with Crippen molar-refractivity contribution in [3.05, 3.63) is 59.2 Å². The molecule has 1 aliphatic rings. The van der Waals surface area contributed by atoms with Crippen LogP contribution in [-0.4, -0.2) is 17.5 Å². The molecule has 4 heteroatoms. The minimum absolute atomic E-state index is 0.165. The van der Waals surface area contributed by atoms with Crippen LogP contribution in [0.2, 0.25) is 0 Å². The summed E-state index contributed by atoms with van der Waals surface area (Å²) in [6.07, 6.45) is 1.77. The van der Waals surface area contributed by atoms with Crippen LogP contribution in [0, 0.1) is 18.6 Å². The molecular weight excluding hydrogens is 248 g/mol. The number of ether oxygens (including phenoxy) is 1. The van der Waals surface area contributed by atoms with Crippen LogP contribution in [0.1, 0.15) is 11.1 Å². The molecule has 96 valence electrons. The summed E-state index contributed by atoms with van der Waals surface area (Å²) in [5.74, 6) is -0.159. The van der Waals surface area contributed by atoms with Gasteiger partial charge >= 0.3 is 0 Å². The van der Waals surface area contributed by atoms with Gasteiger partial charge in [-0.15, -0.1) is 0 Å². The maximum Gasteiger partial charge on any atom is 0.292 e. The lowest BCUT2D eigenvalue weighted by molar-refractivity contribution is -0.478. The Morgan fingerprint density at radius 2 is 2.00 bits per heavy atom. The van der Waals surface area contributed by atoms with Crippen molar-refractivity contribution in [1.82, 2.24) is 0 Å². The van der Waals surface area contributed by atoms with Crippen molar-refractivity contribution in [3.63, 3.8) is 0 Å². The fourth-order valence-electron chi connectivity index (χ4n) is 2.16. The number of hydrogen-bond donors (Lipinski definition) is 0. The number of rotatable bonds is 1. The maximum atomic E-state index is 13.7. The summed E-state index contributed by atoms with van der Waals surface area (Å²) in [4.78, 5) is 0. The SMILES string of the molecule is Cc1cccc2c1OC[N+](c1cc(F)ccc1F)=C2. The van der Waals surface area contributed by atoms with Crippen LogP contribution < -0.4 is 4.74 Å². The normalized spacial score (nSPS) is 13.5. The van der Waals surface area contributed by atoms with E-state index in [1.165, 1.54) is 0 Å². The first kappa shape index (κ1) is 11.8. The Hall–Kier alpha value is -2.23. The molecular formula is C15H12F2NO+. The van der Waals surface area contributed by atoms with E-state index in [1.54, 1.807) is 10.8 Å². The van der Waals surface area contributed by atoms with Crippen molar-refractivity contribution in [2.24, 2.45) is 0 Å². The highest BCUT2D eigenvalue weighted by atomic mass is 19.1. The fraction of sp³-hybridized carbons (Fsp3) is 0.133. The molecule has 0 aromatic heterocycles. The van der Waals surface area contributed by atoms with E-state index in [1.807, 2.05) is 25.1 Å². The third-order valence-corrected chi connectivity index (χ3v) is 3.10. The van der Waals surface area contributed by atoms with Gasteiger partial charge in [-0.05, 0) is 30.7 Å². The van der Waals surface area contributed by atoms with Crippen LogP contribution >= 0.6 is 0 Å². The molecule has 1 aliphatic heterocycles. The van der Waals surface area contributed by atoms with Gasteiger partial charge in [0.15, 0.2) is 12.0 Å². The molecule has 0 unspecified atom stereocenters. The summed E-state index contributed by atoms with van der Waals surface area (Å²) in [6.45, 7) is 2.11. The number of benzene rings is 2. The first-order valence-electron chi connectivity index (χ1n) is 5.94. The maximum absolute atomic E-state index is 13.7. The summed E-state index contributed by atoms with van der Waals surface area (Å²) in [6, 6.07) is 9.11. The quantitative estimate of drug-likeness (QED) is 0.716. The lowest BCUT2D eigenvalue weighted by Crippen LogP contribution is -2.22. The van der Waals surface area contributed by atoms with E-state index < -0.39 is 11.6 Å². The molecule has 0 bridgehead atoms. The molecule has 0 spiro atoms. The molecule has 19 heavy (non-hydrogen) atoms. The molecule has 0 saturated heterocycles. The van der Waals surface area contributed by atoms with Crippen LogP contribution in [0.25, 0.3) is 0 Å². The molecule has 2 aromatic rings. The van der Waals surface area contributed by atoms with Gasteiger partial charge in [0, 0.05) is 6.07 Å². The van der Waals surface area contributed by atoms with Crippen LogP contribution in [-0.2, 0) is 0 Å². The average molecular weight is 260 g/mol. The summed E-state index contributed by atoms with van der Waals surface area (Å²) >= 11 is 0.